The molecule has 1 aliphatic rings. The van der Waals surface area contributed by atoms with Crippen LogP contribution in [0.5, 0.6) is 0 Å². The first kappa shape index (κ1) is 22.2. The summed E-state index contributed by atoms with van der Waals surface area (Å²) in [5, 5.41) is 5.53. The second-order valence-corrected chi connectivity index (χ2v) is 10.7. The summed E-state index contributed by atoms with van der Waals surface area (Å²) in [5.41, 5.74) is -1.24. The van der Waals surface area contributed by atoms with Crippen molar-refractivity contribution >= 4 is 48.8 Å². The summed E-state index contributed by atoms with van der Waals surface area (Å²) in [4.78, 5) is 18.4. The molecule has 1 saturated heterocycles. The van der Waals surface area contributed by atoms with Crippen LogP contribution in [-0.2, 0) is 16.2 Å². The van der Waals surface area contributed by atoms with Crippen molar-refractivity contribution < 1.29 is 26.4 Å². The maximum absolute atomic E-state index is 13.4. The van der Waals surface area contributed by atoms with Crippen molar-refractivity contribution in [3.05, 3.63) is 45.1 Å². The first-order valence-electron chi connectivity index (χ1n) is 8.96. The Balaban J connectivity index is 1.59. The number of fused-ring (bicyclic) bond motifs is 1. The van der Waals surface area contributed by atoms with Gasteiger partial charge in [-0.25, -0.2) is 17.9 Å². The first-order valence-corrected chi connectivity index (χ1v) is 12.1. The molecule has 0 aliphatic carbocycles. The average Bonchev–Trinajstić information content (AvgIpc) is 3.36. The fraction of sp³-hybridized carbons (Fsp3) is 0.353. The summed E-state index contributed by atoms with van der Waals surface area (Å²) in [6, 6.07) is 4.01. The third kappa shape index (κ3) is 3.97. The monoisotopic (exact) mass is 537 g/mol. The highest BCUT2D eigenvalue weighted by Crippen LogP contribution is 2.33. The molecule has 0 atom stereocenters. The van der Waals surface area contributed by atoms with Crippen molar-refractivity contribution in [1.29, 1.82) is 0 Å². The van der Waals surface area contributed by atoms with Crippen molar-refractivity contribution in [3.8, 4) is 0 Å². The zero-order chi connectivity index (χ0) is 22.6. The largest absolute Gasteiger partial charge is 0.433 e. The van der Waals surface area contributed by atoms with Crippen LogP contribution >= 0.6 is 27.3 Å². The van der Waals surface area contributed by atoms with Gasteiger partial charge in [-0.3, -0.25) is 4.79 Å². The Labute approximate surface area is 187 Å². The van der Waals surface area contributed by atoms with E-state index in [9.17, 15) is 26.4 Å². The van der Waals surface area contributed by atoms with Gasteiger partial charge in [0.05, 0.1) is 4.47 Å². The quantitative estimate of drug-likeness (QED) is 0.512. The number of hydrogen-bond donors (Lipinski definition) is 0. The molecule has 0 saturated carbocycles. The van der Waals surface area contributed by atoms with Gasteiger partial charge in [0.15, 0.2) is 11.3 Å². The lowest BCUT2D eigenvalue weighted by Gasteiger charge is -2.33. The van der Waals surface area contributed by atoms with Gasteiger partial charge in [-0.2, -0.15) is 22.6 Å². The van der Waals surface area contributed by atoms with Crippen LogP contribution in [0.4, 0.5) is 13.2 Å². The minimum absolute atomic E-state index is 0.0559. The van der Waals surface area contributed by atoms with E-state index in [1.54, 1.807) is 11.4 Å². The number of amides is 1. The van der Waals surface area contributed by atoms with Crippen molar-refractivity contribution in [2.24, 2.45) is 0 Å². The zero-order valence-corrected chi connectivity index (χ0v) is 19.1. The van der Waals surface area contributed by atoms with E-state index in [-0.39, 0.29) is 51.9 Å². The van der Waals surface area contributed by atoms with Crippen LogP contribution in [0, 0.1) is 6.92 Å². The predicted molar refractivity (Wildman–Crippen MR) is 109 cm³/mol. The first-order chi connectivity index (χ1) is 14.5. The van der Waals surface area contributed by atoms with Crippen LogP contribution in [0.25, 0.3) is 5.65 Å². The molecule has 3 aromatic rings. The van der Waals surface area contributed by atoms with Gasteiger partial charge in [-0.1, -0.05) is 6.07 Å². The van der Waals surface area contributed by atoms with E-state index in [1.165, 1.54) is 22.2 Å². The van der Waals surface area contributed by atoms with Gasteiger partial charge >= 0.3 is 6.18 Å². The summed E-state index contributed by atoms with van der Waals surface area (Å²) < 4.78 is 67.6. The molecule has 1 aliphatic heterocycles. The van der Waals surface area contributed by atoms with E-state index in [1.807, 2.05) is 0 Å². The Morgan fingerprint density at radius 1 is 1.23 bits per heavy atom. The molecule has 0 radical (unpaired) electrons. The number of piperazine rings is 1. The third-order valence-corrected chi connectivity index (χ3v) is 8.77. The zero-order valence-electron chi connectivity index (χ0n) is 15.9. The lowest BCUT2D eigenvalue weighted by atomic mass is 10.3. The van der Waals surface area contributed by atoms with Crippen LogP contribution in [0.3, 0.4) is 0 Å². The smallest absolute Gasteiger partial charge is 0.335 e. The predicted octanol–water partition coefficient (Wildman–Crippen LogP) is 3.03. The minimum atomic E-state index is -4.68. The molecule has 14 heteroatoms. The van der Waals surface area contributed by atoms with Crippen molar-refractivity contribution in [3.63, 3.8) is 0 Å². The number of halogens is 4. The maximum Gasteiger partial charge on any atom is 0.433 e. The number of sulfonamides is 1. The molecule has 4 rings (SSSR count). The van der Waals surface area contributed by atoms with Crippen molar-refractivity contribution in [1.82, 2.24) is 23.8 Å². The number of nitrogens with zero attached hydrogens (tertiary/aromatic N) is 5. The molecule has 3 aromatic heterocycles. The second-order valence-electron chi connectivity index (χ2n) is 6.81. The highest BCUT2D eigenvalue weighted by atomic mass is 79.9. The fourth-order valence-electron chi connectivity index (χ4n) is 3.27. The summed E-state index contributed by atoms with van der Waals surface area (Å²) in [6.45, 7) is 1.73. The topological polar surface area (TPSA) is 87.9 Å². The molecule has 0 aromatic carbocycles. The van der Waals surface area contributed by atoms with Gasteiger partial charge in [-0.05, 0) is 40.4 Å². The van der Waals surface area contributed by atoms with Gasteiger partial charge in [-0.15, -0.1) is 11.3 Å². The molecular weight excluding hydrogens is 523 g/mol. The van der Waals surface area contributed by atoms with Crippen LogP contribution in [0.2, 0.25) is 0 Å². The maximum atomic E-state index is 13.4. The lowest BCUT2D eigenvalue weighted by Crippen LogP contribution is -2.50. The van der Waals surface area contributed by atoms with E-state index in [4.69, 9.17) is 0 Å². The van der Waals surface area contributed by atoms with Crippen LogP contribution in [0.1, 0.15) is 21.9 Å². The average molecular weight is 538 g/mol. The normalized spacial score (nSPS) is 16.2. The molecule has 0 bridgehead atoms. The molecule has 0 spiro atoms. The van der Waals surface area contributed by atoms with E-state index in [0.717, 1.165) is 17.4 Å². The Kier molecular flexibility index (Phi) is 5.60. The molecule has 166 valence electrons. The van der Waals surface area contributed by atoms with E-state index in [2.05, 4.69) is 26.0 Å². The Hall–Kier alpha value is -2.03. The van der Waals surface area contributed by atoms with E-state index < -0.39 is 27.8 Å². The summed E-state index contributed by atoms with van der Waals surface area (Å²) >= 11 is 4.27. The van der Waals surface area contributed by atoms with Gasteiger partial charge in [0.1, 0.15) is 9.90 Å². The number of thiophene rings is 1. The third-order valence-electron chi connectivity index (χ3n) is 4.77. The van der Waals surface area contributed by atoms with Gasteiger partial charge < -0.3 is 4.90 Å². The number of aromatic nitrogens is 3. The number of rotatable bonds is 3. The molecule has 4 heterocycles. The second kappa shape index (κ2) is 7.83. The highest BCUT2D eigenvalue weighted by Gasteiger charge is 2.37. The Bertz CT molecular complexity index is 1250. The molecule has 1 fully saturated rings. The molecule has 1 amide bonds. The van der Waals surface area contributed by atoms with Crippen LogP contribution < -0.4 is 0 Å². The number of aryl methyl sites for hydroxylation is 1. The molecule has 8 nitrogen and oxygen atoms in total. The SMILES string of the molecule is Cc1cc(C(F)(F)F)n2nc(C(=O)N3CCN(S(=O)(=O)c4cccs4)CC3)c(Br)c2n1. The highest BCUT2D eigenvalue weighted by molar-refractivity contribution is 9.10. The molecule has 31 heavy (non-hydrogen) atoms. The van der Waals surface area contributed by atoms with E-state index >= 15 is 0 Å². The van der Waals surface area contributed by atoms with Gasteiger partial charge in [0, 0.05) is 31.9 Å². The van der Waals surface area contributed by atoms with Crippen molar-refractivity contribution in [2.75, 3.05) is 26.2 Å². The molecule has 0 N–H and O–H groups in total. The van der Waals surface area contributed by atoms with Crippen molar-refractivity contribution in [2.45, 2.75) is 17.3 Å². The van der Waals surface area contributed by atoms with E-state index in [0.29, 0.717) is 4.52 Å². The summed E-state index contributed by atoms with van der Waals surface area (Å²) in [6.07, 6.45) is -4.68. The summed E-state index contributed by atoms with van der Waals surface area (Å²) in [5.74, 6) is -0.601. The number of hydrogen-bond acceptors (Lipinski definition) is 6. The molecular formula is C17H15BrF3N5O3S2. The molecule has 0 unspecified atom stereocenters. The Morgan fingerprint density at radius 3 is 2.48 bits per heavy atom. The number of carbonyl (C=O) groups is 1. The standard InChI is InChI=1S/C17H15BrF3N5O3S2/c1-10-9-11(17(19,20)21)26-15(22-10)13(18)14(23-26)16(27)24-4-6-25(7-5-24)31(28,29)12-3-2-8-30-12/h2-3,8-9H,4-7H2,1H3. The number of carbonyl (C=O) groups excluding carboxylic acids is 1. The Morgan fingerprint density at radius 2 is 1.90 bits per heavy atom. The van der Waals surface area contributed by atoms with Crippen LogP contribution in [0.15, 0.2) is 32.3 Å². The van der Waals surface area contributed by atoms with Gasteiger partial charge in [0.25, 0.3) is 15.9 Å². The lowest BCUT2D eigenvalue weighted by molar-refractivity contribution is -0.142. The number of alkyl halides is 3. The van der Waals surface area contributed by atoms with Gasteiger partial charge in [0.2, 0.25) is 0 Å². The fourth-order valence-corrected chi connectivity index (χ4v) is 6.34. The summed E-state index contributed by atoms with van der Waals surface area (Å²) in [7, 11) is -3.64. The minimum Gasteiger partial charge on any atom is -0.335 e. The van der Waals surface area contributed by atoms with Crippen LogP contribution in [-0.4, -0.2) is 64.3 Å².